The molecule has 0 spiro atoms. The number of thioether (sulfide) groups is 1. The van der Waals surface area contributed by atoms with Gasteiger partial charge in [0.1, 0.15) is 0 Å². The molecular formula is C12H14O2S. The van der Waals surface area contributed by atoms with E-state index in [1.807, 2.05) is 29.7 Å². The van der Waals surface area contributed by atoms with Gasteiger partial charge in [0.25, 0.3) is 0 Å². The summed E-state index contributed by atoms with van der Waals surface area (Å²) in [6, 6.07) is 10.1. The summed E-state index contributed by atoms with van der Waals surface area (Å²) in [6.07, 6.45) is 2.76. The summed E-state index contributed by atoms with van der Waals surface area (Å²) in [5, 5.41) is 2.01. The van der Waals surface area contributed by atoms with E-state index in [2.05, 4.69) is 12.1 Å². The van der Waals surface area contributed by atoms with Gasteiger partial charge in [0.2, 0.25) is 0 Å². The second-order valence-electron chi connectivity index (χ2n) is 2.93. The SMILES string of the molecule is CC(=O)OCC/C=C/Sc1ccccc1. The van der Waals surface area contributed by atoms with Crippen molar-refractivity contribution in [3.05, 3.63) is 41.8 Å². The molecule has 0 saturated carbocycles. The van der Waals surface area contributed by atoms with E-state index in [1.54, 1.807) is 11.8 Å². The minimum absolute atomic E-state index is 0.223. The summed E-state index contributed by atoms with van der Waals surface area (Å²) in [4.78, 5) is 11.7. The highest BCUT2D eigenvalue weighted by Crippen LogP contribution is 2.17. The molecule has 0 aliphatic rings. The molecule has 0 N–H and O–H groups in total. The van der Waals surface area contributed by atoms with Crippen molar-refractivity contribution < 1.29 is 9.53 Å². The highest BCUT2D eigenvalue weighted by Gasteiger charge is 1.89. The maximum atomic E-state index is 10.4. The number of hydrogen-bond donors (Lipinski definition) is 0. The van der Waals surface area contributed by atoms with Crippen molar-refractivity contribution in [2.75, 3.05) is 6.61 Å². The Morgan fingerprint density at radius 2 is 2.13 bits per heavy atom. The molecule has 0 atom stereocenters. The van der Waals surface area contributed by atoms with E-state index in [-0.39, 0.29) is 5.97 Å². The monoisotopic (exact) mass is 222 g/mol. The van der Waals surface area contributed by atoms with E-state index in [0.717, 1.165) is 6.42 Å². The van der Waals surface area contributed by atoms with Gasteiger partial charge in [-0.1, -0.05) is 36.0 Å². The van der Waals surface area contributed by atoms with Gasteiger partial charge in [0, 0.05) is 18.2 Å². The molecule has 1 aromatic carbocycles. The fraction of sp³-hybridized carbons (Fsp3) is 0.250. The summed E-state index contributed by atoms with van der Waals surface area (Å²) in [5.41, 5.74) is 0. The fourth-order valence-corrected chi connectivity index (χ4v) is 1.67. The number of ether oxygens (including phenoxy) is 1. The van der Waals surface area contributed by atoms with E-state index in [9.17, 15) is 4.79 Å². The summed E-state index contributed by atoms with van der Waals surface area (Å²) >= 11 is 1.66. The summed E-state index contributed by atoms with van der Waals surface area (Å²) in [5.74, 6) is -0.223. The van der Waals surface area contributed by atoms with Crippen LogP contribution < -0.4 is 0 Å². The molecule has 0 aromatic heterocycles. The number of carbonyl (C=O) groups is 1. The van der Waals surface area contributed by atoms with Crippen LogP contribution in [0.4, 0.5) is 0 Å². The van der Waals surface area contributed by atoms with E-state index in [1.165, 1.54) is 11.8 Å². The Bertz CT molecular complexity index is 320. The first-order valence-corrected chi connectivity index (χ1v) is 5.67. The quantitative estimate of drug-likeness (QED) is 0.434. The van der Waals surface area contributed by atoms with Crippen LogP contribution in [0.25, 0.3) is 0 Å². The Morgan fingerprint density at radius 3 is 2.80 bits per heavy atom. The highest BCUT2D eigenvalue weighted by molar-refractivity contribution is 8.02. The number of esters is 1. The fourth-order valence-electron chi connectivity index (χ4n) is 0.964. The molecule has 1 aromatic rings. The predicted octanol–water partition coefficient (Wildman–Crippen LogP) is 3.25. The lowest BCUT2D eigenvalue weighted by Gasteiger charge is -1.97. The molecule has 0 saturated heterocycles. The smallest absolute Gasteiger partial charge is 0.302 e. The zero-order valence-electron chi connectivity index (χ0n) is 8.68. The van der Waals surface area contributed by atoms with Crippen molar-refractivity contribution in [2.24, 2.45) is 0 Å². The molecule has 0 amide bonds. The normalized spacial score (nSPS) is 10.5. The molecule has 2 nitrogen and oxygen atoms in total. The first kappa shape index (κ1) is 11.9. The molecule has 0 unspecified atom stereocenters. The van der Waals surface area contributed by atoms with Crippen molar-refractivity contribution in [1.29, 1.82) is 0 Å². The minimum Gasteiger partial charge on any atom is -0.466 e. The molecule has 0 aliphatic heterocycles. The minimum atomic E-state index is -0.223. The van der Waals surface area contributed by atoms with E-state index in [4.69, 9.17) is 4.74 Å². The first-order chi connectivity index (χ1) is 7.29. The summed E-state index contributed by atoms with van der Waals surface area (Å²) < 4.78 is 4.79. The van der Waals surface area contributed by atoms with E-state index in [0.29, 0.717) is 6.61 Å². The Morgan fingerprint density at radius 1 is 1.40 bits per heavy atom. The van der Waals surface area contributed by atoms with Crippen LogP contribution in [0.2, 0.25) is 0 Å². The number of hydrogen-bond acceptors (Lipinski definition) is 3. The lowest BCUT2D eigenvalue weighted by Crippen LogP contribution is -1.98. The van der Waals surface area contributed by atoms with Crippen LogP contribution in [0.3, 0.4) is 0 Å². The van der Waals surface area contributed by atoms with Crippen LogP contribution in [0.5, 0.6) is 0 Å². The van der Waals surface area contributed by atoms with Crippen LogP contribution in [0.15, 0.2) is 46.7 Å². The molecule has 15 heavy (non-hydrogen) atoms. The van der Waals surface area contributed by atoms with Gasteiger partial charge in [0.05, 0.1) is 6.61 Å². The van der Waals surface area contributed by atoms with Crippen molar-refractivity contribution >= 4 is 17.7 Å². The molecule has 1 rings (SSSR count). The largest absolute Gasteiger partial charge is 0.466 e. The average Bonchev–Trinajstić information content (AvgIpc) is 2.24. The van der Waals surface area contributed by atoms with Gasteiger partial charge in [-0.2, -0.15) is 0 Å². The van der Waals surface area contributed by atoms with Gasteiger partial charge in [-0.25, -0.2) is 0 Å². The number of carbonyl (C=O) groups excluding carboxylic acids is 1. The third-order valence-electron chi connectivity index (χ3n) is 1.63. The Balaban J connectivity index is 2.15. The zero-order valence-corrected chi connectivity index (χ0v) is 9.50. The Kier molecular flexibility index (Phi) is 5.63. The third-order valence-corrected chi connectivity index (χ3v) is 2.51. The average molecular weight is 222 g/mol. The van der Waals surface area contributed by atoms with Gasteiger partial charge < -0.3 is 4.74 Å². The standard InChI is InChI=1S/C12H14O2S/c1-11(13)14-9-5-6-10-15-12-7-3-2-4-8-12/h2-4,6-8,10H,5,9H2,1H3/b10-6+. The van der Waals surface area contributed by atoms with Crippen LogP contribution in [0.1, 0.15) is 13.3 Å². The lowest BCUT2D eigenvalue weighted by atomic mass is 10.4. The van der Waals surface area contributed by atoms with Crippen LogP contribution in [-0.4, -0.2) is 12.6 Å². The van der Waals surface area contributed by atoms with Crippen molar-refractivity contribution in [2.45, 2.75) is 18.2 Å². The maximum absolute atomic E-state index is 10.4. The second kappa shape index (κ2) is 7.12. The van der Waals surface area contributed by atoms with Gasteiger partial charge in [-0.3, -0.25) is 4.79 Å². The third kappa shape index (κ3) is 5.96. The van der Waals surface area contributed by atoms with Crippen molar-refractivity contribution in [3.8, 4) is 0 Å². The first-order valence-electron chi connectivity index (χ1n) is 4.79. The van der Waals surface area contributed by atoms with E-state index >= 15 is 0 Å². The second-order valence-corrected chi connectivity index (χ2v) is 3.91. The number of rotatable bonds is 5. The molecule has 80 valence electrons. The van der Waals surface area contributed by atoms with Gasteiger partial charge in [-0.05, 0) is 17.5 Å². The molecule has 0 fully saturated rings. The summed E-state index contributed by atoms with van der Waals surface area (Å²) in [7, 11) is 0. The molecule has 3 heteroatoms. The topological polar surface area (TPSA) is 26.3 Å². The van der Waals surface area contributed by atoms with Crippen molar-refractivity contribution in [1.82, 2.24) is 0 Å². The molecule has 0 bridgehead atoms. The molecule has 0 heterocycles. The Labute approximate surface area is 94.3 Å². The van der Waals surface area contributed by atoms with E-state index < -0.39 is 0 Å². The predicted molar refractivity (Wildman–Crippen MR) is 62.7 cm³/mol. The van der Waals surface area contributed by atoms with Crippen LogP contribution >= 0.6 is 11.8 Å². The highest BCUT2D eigenvalue weighted by atomic mass is 32.2. The lowest BCUT2D eigenvalue weighted by molar-refractivity contribution is -0.140. The van der Waals surface area contributed by atoms with Crippen LogP contribution in [-0.2, 0) is 9.53 Å². The summed E-state index contributed by atoms with van der Waals surface area (Å²) in [6.45, 7) is 1.88. The molecular weight excluding hydrogens is 208 g/mol. The van der Waals surface area contributed by atoms with Crippen molar-refractivity contribution in [3.63, 3.8) is 0 Å². The molecule has 0 aliphatic carbocycles. The maximum Gasteiger partial charge on any atom is 0.302 e. The van der Waals surface area contributed by atoms with Gasteiger partial charge in [0.15, 0.2) is 0 Å². The van der Waals surface area contributed by atoms with Gasteiger partial charge in [-0.15, -0.1) is 0 Å². The Hall–Kier alpha value is -1.22. The van der Waals surface area contributed by atoms with Crippen LogP contribution in [0, 0.1) is 0 Å². The van der Waals surface area contributed by atoms with Gasteiger partial charge >= 0.3 is 5.97 Å². The zero-order chi connectivity index (χ0) is 10.9. The number of benzene rings is 1. The molecule has 0 radical (unpaired) electrons.